The molecule has 1 aliphatic heterocycles. The highest BCUT2D eigenvalue weighted by Gasteiger charge is 2.20. The molecule has 0 atom stereocenters. The summed E-state index contributed by atoms with van der Waals surface area (Å²) in [4.78, 5) is 11.3. The van der Waals surface area contributed by atoms with E-state index in [-0.39, 0.29) is 24.0 Å². The molecule has 1 fully saturated rings. The number of methoxy groups -OCH3 is 1. The minimum absolute atomic E-state index is 0. The molecule has 8 heteroatoms. The standard InChI is InChI=1S/C22H30ClN5O.HI/c1-16-4-7-21(26-15-16)28-12-9-18(10-13-28)27-22(24-2)25-11-8-17-5-6-19(29-3)14-20(17)23;/h4-7,14-15,18H,8-13H2,1-3H3,(H2,24,25,27);1H. The number of benzene rings is 1. The fourth-order valence-electron chi connectivity index (χ4n) is 3.46. The maximum absolute atomic E-state index is 6.32. The topological polar surface area (TPSA) is 61.8 Å². The van der Waals surface area contributed by atoms with Crippen molar-refractivity contribution in [2.24, 2.45) is 4.99 Å². The van der Waals surface area contributed by atoms with Gasteiger partial charge in [0.25, 0.3) is 0 Å². The van der Waals surface area contributed by atoms with Crippen molar-refractivity contribution < 1.29 is 4.74 Å². The van der Waals surface area contributed by atoms with Crippen molar-refractivity contribution in [3.05, 3.63) is 52.7 Å². The van der Waals surface area contributed by atoms with Gasteiger partial charge in [-0.3, -0.25) is 4.99 Å². The molecular weight excluding hydrogens is 513 g/mol. The quantitative estimate of drug-likeness (QED) is 0.327. The van der Waals surface area contributed by atoms with Crippen LogP contribution in [0.3, 0.4) is 0 Å². The van der Waals surface area contributed by atoms with Crippen LogP contribution in [0.2, 0.25) is 5.02 Å². The number of aromatic nitrogens is 1. The number of anilines is 1. The number of hydrogen-bond donors (Lipinski definition) is 2. The lowest BCUT2D eigenvalue weighted by Gasteiger charge is -2.33. The van der Waals surface area contributed by atoms with E-state index in [1.165, 1.54) is 5.56 Å². The summed E-state index contributed by atoms with van der Waals surface area (Å²) in [6, 6.07) is 10.4. The molecule has 6 nitrogen and oxygen atoms in total. The summed E-state index contributed by atoms with van der Waals surface area (Å²) in [6.45, 7) is 4.81. The highest BCUT2D eigenvalue weighted by atomic mass is 127. The van der Waals surface area contributed by atoms with Crippen LogP contribution in [0.15, 0.2) is 41.5 Å². The van der Waals surface area contributed by atoms with Gasteiger partial charge in [-0.25, -0.2) is 4.98 Å². The molecule has 0 bridgehead atoms. The zero-order chi connectivity index (χ0) is 20.6. The summed E-state index contributed by atoms with van der Waals surface area (Å²) in [5, 5.41) is 7.67. The van der Waals surface area contributed by atoms with Crippen molar-refractivity contribution in [3.63, 3.8) is 0 Å². The molecule has 0 spiro atoms. The van der Waals surface area contributed by atoms with Gasteiger partial charge in [0, 0.05) is 43.9 Å². The third kappa shape index (κ3) is 6.91. The molecule has 164 valence electrons. The first kappa shape index (κ1) is 24.5. The number of halogens is 2. The maximum atomic E-state index is 6.32. The summed E-state index contributed by atoms with van der Waals surface area (Å²) >= 11 is 6.32. The second kappa shape index (κ2) is 12.2. The number of nitrogens with zero attached hydrogens (tertiary/aromatic N) is 3. The summed E-state index contributed by atoms with van der Waals surface area (Å²) in [5.41, 5.74) is 2.28. The summed E-state index contributed by atoms with van der Waals surface area (Å²) in [5.74, 6) is 2.67. The number of hydrogen-bond acceptors (Lipinski definition) is 4. The van der Waals surface area contributed by atoms with Gasteiger partial charge in [0.05, 0.1) is 7.11 Å². The predicted molar refractivity (Wildman–Crippen MR) is 136 cm³/mol. The van der Waals surface area contributed by atoms with E-state index in [0.29, 0.717) is 6.04 Å². The Morgan fingerprint density at radius 3 is 2.63 bits per heavy atom. The average Bonchev–Trinajstić information content (AvgIpc) is 2.75. The van der Waals surface area contributed by atoms with Crippen molar-refractivity contribution in [1.82, 2.24) is 15.6 Å². The third-order valence-corrected chi connectivity index (χ3v) is 5.58. The van der Waals surface area contributed by atoms with Gasteiger partial charge in [-0.1, -0.05) is 23.7 Å². The normalized spacial score (nSPS) is 14.8. The lowest BCUT2D eigenvalue weighted by molar-refractivity contribution is 0.414. The maximum Gasteiger partial charge on any atom is 0.191 e. The number of pyridine rings is 1. The van der Waals surface area contributed by atoms with Crippen molar-refractivity contribution in [3.8, 4) is 5.75 Å². The van der Waals surface area contributed by atoms with Gasteiger partial charge in [0.15, 0.2) is 5.96 Å². The van der Waals surface area contributed by atoms with Gasteiger partial charge in [-0.15, -0.1) is 24.0 Å². The molecule has 3 rings (SSSR count). The summed E-state index contributed by atoms with van der Waals surface area (Å²) in [6.07, 6.45) is 4.86. The molecule has 1 saturated heterocycles. The van der Waals surface area contributed by atoms with Crippen LogP contribution in [-0.4, -0.2) is 50.8 Å². The van der Waals surface area contributed by atoms with E-state index in [0.717, 1.165) is 67.0 Å². The smallest absolute Gasteiger partial charge is 0.191 e. The van der Waals surface area contributed by atoms with Crippen LogP contribution in [0.25, 0.3) is 0 Å². The molecule has 0 aliphatic carbocycles. The van der Waals surface area contributed by atoms with Crippen molar-refractivity contribution in [2.75, 3.05) is 38.7 Å². The van der Waals surface area contributed by atoms with Gasteiger partial charge < -0.3 is 20.3 Å². The van der Waals surface area contributed by atoms with E-state index in [4.69, 9.17) is 16.3 Å². The monoisotopic (exact) mass is 543 g/mol. The number of piperidine rings is 1. The molecular formula is C22H31ClIN5O. The molecule has 2 heterocycles. The van der Waals surface area contributed by atoms with Crippen LogP contribution in [0, 0.1) is 6.92 Å². The van der Waals surface area contributed by atoms with Gasteiger partial charge in [-0.2, -0.15) is 0 Å². The molecule has 2 N–H and O–H groups in total. The Morgan fingerprint density at radius 2 is 2.03 bits per heavy atom. The van der Waals surface area contributed by atoms with Gasteiger partial charge in [0.1, 0.15) is 11.6 Å². The minimum atomic E-state index is 0. The molecule has 1 aliphatic rings. The second-order valence-corrected chi connectivity index (χ2v) is 7.71. The highest BCUT2D eigenvalue weighted by molar-refractivity contribution is 14.0. The Hall–Kier alpha value is -1.74. The Labute approximate surface area is 201 Å². The minimum Gasteiger partial charge on any atom is -0.497 e. The largest absolute Gasteiger partial charge is 0.497 e. The predicted octanol–water partition coefficient (Wildman–Crippen LogP) is 4.05. The SMILES string of the molecule is CN=C(NCCc1ccc(OC)cc1Cl)NC1CCN(c2ccc(C)cn2)CC1.I. The van der Waals surface area contributed by atoms with Gasteiger partial charge >= 0.3 is 0 Å². The zero-order valence-corrected chi connectivity index (χ0v) is 20.9. The Balaban J connectivity index is 0.00000320. The molecule has 30 heavy (non-hydrogen) atoms. The van der Waals surface area contributed by atoms with Crippen LogP contribution < -0.4 is 20.3 Å². The van der Waals surface area contributed by atoms with Crippen LogP contribution in [-0.2, 0) is 6.42 Å². The van der Waals surface area contributed by atoms with Gasteiger partial charge in [0.2, 0.25) is 0 Å². The summed E-state index contributed by atoms with van der Waals surface area (Å²) < 4.78 is 5.20. The third-order valence-electron chi connectivity index (χ3n) is 5.23. The molecule has 0 unspecified atom stereocenters. The highest BCUT2D eigenvalue weighted by Crippen LogP contribution is 2.22. The molecule has 0 radical (unpaired) electrons. The Bertz CT molecular complexity index is 823. The van der Waals surface area contributed by atoms with Crippen molar-refractivity contribution in [2.45, 2.75) is 32.2 Å². The van der Waals surface area contributed by atoms with E-state index in [1.807, 2.05) is 24.4 Å². The van der Waals surface area contributed by atoms with Crippen molar-refractivity contribution >= 4 is 47.4 Å². The molecule has 0 saturated carbocycles. The lowest BCUT2D eigenvalue weighted by atomic mass is 10.1. The number of aliphatic imine (C=N–C) groups is 1. The Kier molecular flexibility index (Phi) is 9.97. The molecule has 2 aromatic rings. The number of nitrogens with one attached hydrogen (secondary N) is 2. The fourth-order valence-corrected chi connectivity index (χ4v) is 3.73. The second-order valence-electron chi connectivity index (χ2n) is 7.31. The van der Waals surface area contributed by atoms with E-state index < -0.39 is 0 Å². The van der Waals surface area contributed by atoms with Crippen LogP contribution >= 0.6 is 35.6 Å². The number of ether oxygens (including phenoxy) is 1. The molecule has 1 aromatic heterocycles. The van der Waals surface area contributed by atoms with E-state index in [9.17, 15) is 0 Å². The van der Waals surface area contributed by atoms with Crippen LogP contribution in [0.5, 0.6) is 5.75 Å². The molecule has 1 aromatic carbocycles. The molecule has 0 amide bonds. The number of guanidine groups is 1. The first-order chi connectivity index (χ1) is 14.1. The fraction of sp³-hybridized carbons (Fsp3) is 0.455. The Morgan fingerprint density at radius 1 is 1.27 bits per heavy atom. The van der Waals surface area contributed by atoms with Crippen molar-refractivity contribution in [1.29, 1.82) is 0 Å². The van der Waals surface area contributed by atoms with E-state index in [2.05, 4.69) is 44.6 Å². The first-order valence-electron chi connectivity index (χ1n) is 10.1. The van der Waals surface area contributed by atoms with E-state index in [1.54, 1.807) is 14.2 Å². The van der Waals surface area contributed by atoms with E-state index >= 15 is 0 Å². The summed E-state index contributed by atoms with van der Waals surface area (Å²) in [7, 11) is 3.45. The number of aryl methyl sites for hydroxylation is 1. The zero-order valence-electron chi connectivity index (χ0n) is 17.8. The van der Waals surface area contributed by atoms with Crippen LogP contribution in [0.4, 0.5) is 5.82 Å². The van der Waals surface area contributed by atoms with Crippen LogP contribution in [0.1, 0.15) is 24.0 Å². The first-order valence-corrected chi connectivity index (χ1v) is 10.4. The average molecular weight is 544 g/mol. The lowest BCUT2D eigenvalue weighted by Crippen LogP contribution is -2.49. The number of rotatable bonds is 6. The van der Waals surface area contributed by atoms with Gasteiger partial charge in [-0.05, 0) is 55.5 Å².